The highest BCUT2D eigenvalue weighted by Gasteiger charge is 2.17. The molecule has 4 nitrogen and oxygen atoms in total. The highest BCUT2D eigenvalue weighted by molar-refractivity contribution is 6.31. The van der Waals surface area contributed by atoms with Crippen LogP contribution in [0.4, 0.5) is 0 Å². The van der Waals surface area contributed by atoms with Crippen molar-refractivity contribution in [2.24, 2.45) is 0 Å². The number of benzene rings is 1. The van der Waals surface area contributed by atoms with E-state index in [1.54, 1.807) is 36.1 Å². The number of carbonyl (C=O) groups is 1. The lowest BCUT2D eigenvalue weighted by Crippen LogP contribution is -2.22. The molecule has 1 heterocycles. The number of Topliss-reactive ketones (excluding diaryl/α,β-unsaturated/α-hetero) is 1. The zero-order valence-electron chi connectivity index (χ0n) is 13.7. The molecule has 0 saturated heterocycles. The van der Waals surface area contributed by atoms with Crippen LogP contribution >= 0.6 is 11.6 Å². The Balaban J connectivity index is 2.74. The standard InChI is InChI=1S/C18H20ClNO3/c1-5-11(2)20-10-17(23-4)16(9-18(20)22)15-8-13(19)6-7-14(15)12(3)21/h6-11H,5H2,1-4H3. The van der Waals surface area contributed by atoms with Crippen LogP contribution in [0, 0.1) is 0 Å². The molecule has 0 fully saturated rings. The third kappa shape index (κ3) is 3.48. The van der Waals surface area contributed by atoms with E-state index >= 15 is 0 Å². The van der Waals surface area contributed by atoms with Crippen molar-refractivity contribution in [1.82, 2.24) is 4.57 Å². The number of halogens is 1. The first kappa shape index (κ1) is 17.3. The van der Waals surface area contributed by atoms with E-state index < -0.39 is 0 Å². The molecule has 122 valence electrons. The molecule has 0 saturated carbocycles. The molecule has 0 N–H and O–H groups in total. The summed E-state index contributed by atoms with van der Waals surface area (Å²) in [5.74, 6) is 0.444. The Kier molecular flexibility index (Phi) is 5.26. The molecular weight excluding hydrogens is 314 g/mol. The Morgan fingerprint density at radius 2 is 2.00 bits per heavy atom. The number of hydrogen-bond acceptors (Lipinski definition) is 3. The van der Waals surface area contributed by atoms with Gasteiger partial charge in [0.15, 0.2) is 5.78 Å². The van der Waals surface area contributed by atoms with E-state index in [0.29, 0.717) is 27.5 Å². The average Bonchev–Trinajstić information content (AvgIpc) is 2.53. The smallest absolute Gasteiger partial charge is 0.251 e. The van der Waals surface area contributed by atoms with Crippen LogP contribution in [-0.2, 0) is 0 Å². The van der Waals surface area contributed by atoms with Crippen LogP contribution in [0.2, 0.25) is 5.02 Å². The Labute approximate surface area is 140 Å². The molecule has 0 aliphatic heterocycles. The second kappa shape index (κ2) is 7.01. The van der Waals surface area contributed by atoms with Crippen molar-refractivity contribution in [2.45, 2.75) is 33.2 Å². The zero-order valence-corrected chi connectivity index (χ0v) is 14.5. The summed E-state index contributed by atoms with van der Waals surface area (Å²) in [6.45, 7) is 5.48. The maximum absolute atomic E-state index is 12.4. The first-order valence-electron chi connectivity index (χ1n) is 7.50. The number of pyridine rings is 1. The Bertz CT molecular complexity index is 795. The number of nitrogens with zero attached hydrogens (tertiary/aromatic N) is 1. The number of ether oxygens (including phenoxy) is 1. The minimum absolute atomic E-state index is 0.0667. The van der Waals surface area contributed by atoms with Crippen molar-refractivity contribution in [3.63, 3.8) is 0 Å². The molecule has 0 radical (unpaired) electrons. The van der Waals surface area contributed by atoms with Gasteiger partial charge in [0.1, 0.15) is 5.75 Å². The first-order chi connectivity index (χ1) is 10.9. The highest BCUT2D eigenvalue weighted by Crippen LogP contribution is 2.33. The minimum atomic E-state index is -0.135. The van der Waals surface area contributed by atoms with E-state index in [1.807, 2.05) is 13.8 Å². The molecule has 5 heteroatoms. The molecule has 1 unspecified atom stereocenters. The number of carbonyl (C=O) groups excluding carboxylic acids is 1. The molecule has 1 atom stereocenters. The number of ketones is 1. The van der Waals surface area contributed by atoms with Gasteiger partial charge in [0, 0.05) is 28.3 Å². The van der Waals surface area contributed by atoms with Crippen LogP contribution in [0.3, 0.4) is 0 Å². The second-order valence-corrected chi connectivity index (χ2v) is 5.94. The van der Waals surface area contributed by atoms with Crippen molar-refractivity contribution in [3.8, 4) is 16.9 Å². The molecular formula is C18H20ClNO3. The summed E-state index contributed by atoms with van der Waals surface area (Å²) in [6, 6.07) is 6.58. The van der Waals surface area contributed by atoms with Gasteiger partial charge < -0.3 is 9.30 Å². The van der Waals surface area contributed by atoms with Crippen LogP contribution in [0.5, 0.6) is 5.75 Å². The van der Waals surface area contributed by atoms with Gasteiger partial charge in [-0.3, -0.25) is 9.59 Å². The van der Waals surface area contributed by atoms with Crippen LogP contribution in [0.1, 0.15) is 43.6 Å². The second-order valence-electron chi connectivity index (χ2n) is 5.50. The Morgan fingerprint density at radius 1 is 1.30 bits per heavy atom. The summed E-state index contributed by atoms with van der Waals surface area (Å²) in [7, 11) is 1.54. The monoisotopic (exact) mass is 333 g/mol. The van der Waals surface area contributed by atoms with E-state index in [1.165, 1.54) is 13.0 Å². The van der Waals surface area contributed by atoms with E-state index in [0.717, 1.165) is 6.42 Å². The average molecular weight is 334 g/mol. The summed E-state index contributed by atoms with van der Waals surface area (Å²) in [4.78, 5) is 24.3. The normalized spacial score (nSPS) is 12.0. The largest absolute Gasteiger partial charge is 0.495 e. The van der Waals surface area contributed by atoms with Crippen molar-refractivity contribution < 1.29 is 9.53 Å². The van der Waals surface area contributed by atoms with Crippen molar-refractivity contribution in [2.75, 3.05) is 7.11 Å². The third-order valence-corrected chi connectivity index (χ3v) is 4.22. The number of methoxy groups -OCH3 is 1. The van der Waals surface area contributed by atoms with Crippen LogP contribution in [0.15, 0.2) is 35.3 Å². The van der Waals surface area contributed by atoms with E-state index in [-0.39, 0.29) is 17.4 Å². The Morgan fingerprint density at radius 3 is 2.57 bits per heavy atom. The fraction of sp³-hybridized carbons (Fsp3) is 0.333. The summed E-state index contributed by atoms with van der Waals surface area (Å²) in [5.41, 5.74) is 1.55. The topological polar surface area (TPSA) is 48.3 Å². The van der Waals surface area contributed by atoms with E-state index in [4.69, 9.17) is 16.3 Å². The fourth-order valence-electron chi connectivity index (χ4n) is 2.49. The maximum atomic E-state index is 12.4. The SMILES string of the molecule is CCC(C)n1cc(OC)c(-c2cc(Cl)ccc2C(C)=O)cc1=O. The van der Waals surface area contributed by atoms with Gasteiger partial charge in [0.25, 0.3) is 5.56 Å². The molecule has 2 aromatic rings. The van der Waals surface area contributed by atoms with Gasteiger partial charge in [-0.2, -0.15) is 0 Å². The van der Waals surface area contributed by atoms with E-state index in [9.17, 15) is 9.59 Å². The highest BCUT2D eigenvalue weighted by atomic mass is 35.5. The van der Waals surface area contributed by atoms with Gasteiger partial charge >= 0.3 is 0 Å². The summed E-state index contributed by atoms with van der Waals surface area (Å²) in [5, 5.41) is 0.498. The number of rotatable bonds is 5. The third-order valence-electron chi connectivity index (χ3n) is 3.98. The van der Waals surface area contributed by atoms with Gasteiger partial charge in [-0.25, -0.2) is 0 Å². The lowest BCUT2D eigenvalue weighted by molar-refractivity contribution is 0.101. The van der Waals surface area contributed by atoms with Crippen molar-refractivity contribution in [3.05, 3.63) is 51.4 Å². The predicted molar refractivity (Wildman–Crippen MR) is 92.7 cm³/mol. The molecule has 0 aliphatic carbocycles. The van der Waals surface area contributed by atoms with Gasteiger partial charge in [-0.05, 0) is 44.0 Å². The van der Waals surface area contributed by atoms with Gasteiger partial charge in [0.05, 0.1) is 13.3 Å². The molecule has 0 spiro atoms. The summed E-state index contributed by atoms with van der Waals surface area (Å²) < 4.78 is 7.09. The summed E-state index contributed by atoms with van der Waals surface area (Å²) in [6.07, 6.45) is 2.52. The Hall–Kier alpha value is -2.07. The van der Waals surface area contributed by atoms with E-state index in [2.05, 4.69) is 0 Å². The van der Waals surface area contributed by atoms with Crippen LogP contribution in [-0.4, -0.2) is 17.5 Å². The molecule has 1 aromatic heterocycles. The molecule has 0 bridgehead atoms. The zero-order chi connectivity index (χ0) is 17.1. The lowest BCUT2D eigenvalue weighted by atomic mass is 9.97. The lowest BCUT2D eigenvalue weighted by Gasteiger charge is -2.17. The predicted octanol–water partition coefficient (Wildman–Crippen LogP) is 4.35. The molecule has 1 aromatic carbocycles. The summed E-state index contributed by atoms with van der Waals surface area (Å²) >= 11 is 6.08. The number of aromatic nitrogens is 1. The molecule has 0 amide bonds. The molecule has 23 heavy (non-hydrogen) atoms. The van der Waals surface area contributed by atoms with Gasteiger partial charge in [-0.15, -0.1) is 0 Å². The minimum Gasteiger partial charge on any atom is -0.495 e. The van der Waals surface area contributed by atoms with Gasteiger partial charge in [0.2, 0.25) is 0 Å². The van der Waals surface area contributed by atoms with Crippen molar-refractivity contribution in [1.29, 1.82) is 0 Å². The fourth-order valence-corrected chi connectivity index (χ4v) is 2.66. The molecule has 0 aliphatic rings. The van der Waals surface area contributed by atoms with Gasteiger partial charge in [-0.1, -0.05) is 18.5 Å². The number of hydrogen-bond donors (Lipinski definition) is 0. The maximum Gasteiger partial charge on any atom is 0.251 e. The van der Waals surface area contributed by atoms with Crippen LogP contribution < -0.4 is 10.3 Å². The van der Waals surface area contributed by atoms with Crippen molar-refractivity contribution >= 4 is 17.4 Å². The van der Waals surface area contributed by atoms with Crippen LogP contribution in [0.25, 0.3) is 11.1 Å². The first-order valence-corrected chi connectivity index (χ1v) is 7.87. The molecule has 2 rings (SSSR count). The quantitative estimate of drug-likeness (QED) is 0.764.